The molecule has 3 atom stereocenters. The van der Waals surface area contributed by atoms with Crippen molar-refractivity contribution >= 4 is 0 Å². The minimum absolute atomic E-state index is 0.353. The number of hydrogen-bond acceptors (Lipinski definition) is 3. The Morgan fingerprint density at radius 1 is 1.29 bits per heavy atom. The SMILES string of the molecule is CCOc1ccccc1C(C)NC1CCN2CCCC2C1. The first-order valence-electron chi connectivity index (χ1n) is 8.49. The van der Waals surface area contributed by atoms with Crippen molar-refractivity contribution in [3.8, 4) is 5.75 Å². The number of fused-ring (bicyclic) bond motifs is 1. The number of ether oxygens (including phenoxy) is 1. The maximum absolute atomic E-state index is 5.77. The van der Waals surface area contributed by atoms with Crippen LogP contribution in [0.5, 0.6) is 5.75 Å². The van der Waals surface area contributed by atoms with Crippen molar-refractivity contribution in [2.45, 2.75) is 57.7 Å². The second-order valence-corrected chi connectivity index (χ2v) is 6.41. The Balaban J connectivity index is 1.62. The predicted molar refractivity (Wildman–Crippen MR) is 86.8 cm³/mol. The van der Waals surface area contributed by atoms with Crippen LogP contribution in [0.1, 0.15) is 51.1 Å². The van der Waals surface area contributed by atoms with E-state index in [9.17, 15) is 0 Å². The Labute approximate surface area is 128 Å². The zero-order chi connectivity index (χ0) is 14.7. The van der Waals surface area contributed by atoms with Crippen LogP contribution in [0.4, 0.5) is 0 Å². The lowest BCUT2D eigenvalue weighted by Gasteiger charge is -2.36. The van der Waals surface area contributed by atoms with E-state index in [1.54, 1.807) is 0 Å². The Hall–Kier alpha value is -1.06. The molecule has 2 heterocycles. The fourth-order valence-corrected chi connectivity index (χ4v) is 3.94. The van der Waals surface area contributed by atoms with Crippen molar-refractivity contribution in [2.24, 2.45) is 0 Å². The molecule has 0 aliphatic carbocycles. The van der Waals surface area contributed by atoms with Crippen LogP contribution in [0.15, 0.2) is 24.3 Å². The van der Waals surface area contributed by atoms with E-state index in [-0.39, 0.29) is 0 Å². The van der Waals surface area contributed by atoms with E-state index < -0.39 is 0 Å². The molecule has 3 nitrogen and oxygen atoms in total. The molecule has 2 aliphatic heterocycles. The molecule has 3 unspecified atom stereocenters. The van der Waals surface area contributed by atoms with Gasteiger partial charge in [-0.05, 0) is 58.7 Å². The first kappa shape index (κ1) is 14.9. The van der Waals surface area contributed by atoms with Gasteiger partial charge in [0.1, 0.15) is 5.75 Å². The Bertz CT molecular complexity index is 462. The van der Waals surface area contributed by atoms with E-state index in [1.807, 2.05) is 6.92 Å². The highest BCUT2D eigenvalue weighted by atomic mass is 16.5. The third kappa shape index (κ3) is 3.41. The third-order valence-electron chi connectivity index (χ3n) is 4.99. The second kappa shape index (κ2) is 6.80. The zero-order valence-electron chi connectivity index (χ0n) is 13.3. The van der Waals surface area contributed by atoms with Crippen LogP contribution in [0, 0.1) is 0 Å². The van der Waals surface area contributed by atoms with Crippen LogP contribution in [0.2, 0.25) is 0 Å². The molecule has 0 aromatic heterocycles. The first-order valence-corrected chi connectivity index (χ1v) is 8.49. The van der Waals surface area contributed by atoms with Crippen molar-refractivity contribution < 1.29 is 4.74 Å². The van der Waals surface area contributed by atoms with Gasteiger partial charge in [0, 0.05) is 23.7 Å². The van der Waals surface area contributed by atoms with Crippen LogP contribution < -0.4 is 10.1 Å². The van der Waals surface area contributed by atoms with Crippen LogP contribution in [0.3, 0.4) is 0 Å². The van der Waals surface area contributed by atoms with Crippen molar-refractivity contribution in [1.29, 1.82) is 0 Å². The van der Waals surface area contributed by atoms with Crippen LogP contribution >= 0.6 is 0 Å². The number of benzene rings is 1. The highest BCUT2D eigenvalue weighted by molar-refractivity contribution is 5.35. The highest BCUT2D eigenvalue weighted by Gasteiger charge is 2.32. The normalized spacial score (nSPS) is 27.3. The maximum atomic E-state index is 5.77. The molecule has 0 amide bonds. The molecular weight excluding hydrogens is 260 g/mol. The molecule has 2 aliphatic rings. The Morgan fingerprint density at radius 2 is 2.14 bits per heavy atom. The Morgan fingerprint density at radius 3 is 3.00 bits per heavy atom. The summed E-state index contributed by atoms with van der Waals surface area (Å²) in [4.78, 5) is 2.68. The quantitative estimate of drug-likeness (QED) is 0.899. The monoisotopic (exact) mass is 288 g/mol. The highest BCUT2D eigenvalue weighted by Crippen LogP contribution is 2.30. The summed E-state index contributed by atoms with van der Waals surface area (Å²) < 4.78 is 5.77. The van der Waals surface area contributed by atoms with E-state index in [2.05, 4.69) is 41.4 Å². The smallest absolute Gasteiger partial charge is 0.124 e. The first-order chi connectivity index (χ1) is 10.3. The summed E-state index contributed by atoms with van der Waals surface area (Å²) in [5.41, 5.74) is 1.29. The molecule has 1 N–H and O–H groups in total. The third-order valence-corrected chi connectivity index (χ3v) is 4.99. The minimum Gasteiger partial charge on any atom is -0.494 e. The second-order valence-electron chi connectivity index (χ2n) is 6.41. The van der Waals surface area contributed by atoms with Crippen molar-refractivity contribution in [3.63, 3.8) is 0 Å². The van der Waals surface area contributed by atoms with Gasteiger partial charge in [-0.15, -0.1) is 0 Å². The molecule has 0 spiro atoms. The summed E-state index contributed by atoms with van der Waals surface area (Å²) in [7, 11) is 0. The van der Waals surface area contributed by atoms with Crippen molar-refractivity contribution in [1.82, 2.24) is 10.2 Å². The zero-order valence-corrected chi connectivity index (χ0v) is 13.3. The minimum atomic E-state index is 0.353. The lowest BCUT2D eigenvalue weighted by molar-refractivity contribution is 0.161. The van der Waals surface area contributed by atoms with Crippen LogP contribution in [0.25, 0.3) is 0 Å². The van der Waals surface area contributed by atoms with Gasteiger partial charge in [-0.3, -0.25) is 0 Å². The van der Waals surface area contributed by atoms with Crippen molar-refractivity contribution in [2.75, 3.05) is 19.7 Å². The summed E-state index contributed by atoms with van der Waals surface area (Å²) >= 11 is 0. The van der Waals surface area contributed by atoms with Crippen LogP contribution in [-0.4, -0.2) is 36.7 Å². The van der Waals surface area contributed by atoms with Gasteiger partial charge in [0.15, 0.2) is 0 Å². The summed E-state index contributed by atoms with van der Waals surface area (Å²) in [5, 5.41) is 3.84. The Kier molecular flexibility index (Phi) is 4.81. The molecule has 3 rings (SSSR count). The molecular formula is C18H28N2O. The molecule has 2 saturated heterocycles. The number of piperidine rings is 1. The number of nitrogens with one attached hydrogen (secondary N) is 1. The van der Waals surface area contributed by atoms with Gasteiger partial charge in [-0.25, -0.2) is 0 Å². The molecule has 0 bridgehead atoms. The molecule has 3 heteroatoms. The maximum Gasteiger partial charge on any atom is 0.124 e. The van der Waals surface area contributed by atoms with E-state index in [4.69, 9.17) is 4.74 Å². The van der Waals surface area contributed by atoms with E-state index in [0.29, 0.717) is 12.1 Å². The summed E-state index contributed by atoms with van der Waals surface area (Å²) in [6, 6.07) is 10.3. The van der Waals surface area contributed by atoms with Gasteiger partial charge in [0.05, 0.1) is 6.61 Å². The van der Waals surface area contributed by atoms with Gasteiger partial charge < -0.3 is 15.0 Å². The molecule has 1 aromatic rings. The van der Waals surface area contributed by atoms with Gasteiger partial charge in [0.25, 0.3) is 0 Å². The summed E-state index contributed by atoms with van der Waals surface area (Å²) in [6.45, 7) is 7.62. The molecule has 1 aromatic carbocycles. The fraction of sp³-hybridized carbons (Fsp3) is 0.667. The number of rotatable bonds is 5. The van der Waals surface area contributed by atoms with E-state index >= 15 is 0 Å². The molecule has 2 fully saturated rings. The molecule has 116 valence electrons. The number of para-hydroxylation sites is 1. The van der Waals surface area contributed by atoms with Crippen LogP contribution in [-0.2, 0) is 0 Å². The lowest BCUT2D eigenvalue weighted by atomic mass is 9.96. The van der Waals surface area contributed by atoms with Gasteiger partial charge in [-0.1, -0.05) is 18.2 Å². The fourth-order valence-electron chi connectivity index (χ4n) is 3.94. The standard InChI is InChI=1S/C18H28N2O/c1-3-21-18-9-5-4-8-17(18)14(2)19-15-10-12-20-11-6-7-16(20)13-15/h4-5,8-9,14-16,19H,3,6-7,10-13H2,1-2H3. The summed E-state index contributed by atoms with van der Waals surface area (Å²) in [5.74, 6) is 1.03. The van der Waals surface area contributed by atoms with E-state index in [1.165, 1.54) is 44.3 Å². The topological polar surface area (TPSA) is 24.5 Å². The molecule has 0 saturated carbocycles. The summed E-state index contributed by atoms with van der Waals surface area (Å²) in [6.07, 6.45) is 5.36. The van der Waals surface area contributed by atoms with Gasteiger partial charge in [-0.2, -0.15) is 0 Å². The molecule has 21 heavy (non-hydrogen) atoms. The average molecular weight is 288 g/mol. The lowest BCUT2D eigenvalue weighted by Crippen LogP contribution is -2.46. The van der Waals surface area contributed by atoms with Gasteiger partial charge in [0.2, 0.25) is 0 Å². The van der Waals surface area contributed by atoms with Crippen molar-refractivity contribution in [3.05, 3.63) is 29.8 Å². The van der Waals surface area contributed by atoms with E-state index in [0.717, 1.165) is 18.4 Å². The average Bonchev–Trinajstić information content (AvgIpc) is 2.95. The largest absolute Gasteiger partial charge is 0.494 e. The number of hydrogen-bond donors (Lipinski definition) is 1. The van der Waals surface area contributed by atoms with Gasteiger partial charge >= 0.3 is 0 Å². The predicted octanol–water partition coefficient (Wildman–Crippen LogP) is 3.36. The molecule has 0 radical (unpaired) electrons. The number of nitrogens with zero attached hydrogens (tertiary/aromatic N) is 1.